The Kier molecular flexibility index (Phi) is 8.31. The second kappa shape index (κ2) is 11.7. The highest BCUT2D eigenvalue weighted by molar-refractivity contribution is 6.60. The molecule has 1 atom stereocenters. The molecule has 0 spiro atoms. The van der Waals surface area contributed by atoms with E-state index < -0.39 is 23.3 Å². The van der Waals surface area contributed by atoms with Gasteiger partial charge in [0.1, 0.15) is 0 Å². The summed E-state index contributed by atoms with van der Waals surface area (Å²) in [5, 5.41) is 20.3. The first-order chi connectivity index (χ1) is 19.0. The van der Waals surface area contributed by atoms with Gasteiger partial charge in [-0.3, -0.25) is 9.59 Å². The Bertz CT molecular complexity index is 1430. The van der Waals surface area contributed by atoms with Gasteiger partial charge in [0.25, 0.3) is 11.8 Å². The molecule has 0 aliphatic heterocycles. The van der Waals surface area contributed by atoms with E-state index in [0.29, 0.717) is 11.3 Å². The van der Waals surface area contributed by atoms with Gasteiger partial charge in [-0.15, -0.1) is 10.2 Å². The quantitative estimate of drug-likeness (QED) is 0.268. The van der Waals surface area contributed by atoms with Crippen molar-refractivity contribution >= 4 is 58.6 Å². The normalized spacial score (nSPS) is 13.6. The molecule has 2 heterocycles. The molecule has 1 saturated carbocycles. The Hall–Kier alpha value is -4.56. The highest BCUT2D eigenvalue weighted by Gasteiger charge is 2.30. The summed E-state index contributed by atoms with van der Waals surface area (Å²) in [7, 11) is 19.2. The number of hydrogen-bond donors (Lipinski definition) is 4. The summed E-state index contributed by atoms with van der Waals surface area (Å²) >= 11 is 0. The Balaban J connectivity index is 1.68. The molecular formula is C23H23B3N8O6. The SMILES string of the molecule is [B]C([B])([B])NC(=O)c1nnc(NC(=O)C2CC2)cc1Nc1cccc(-c2nc([C@@H](C)NC(=O)OC)no2)c1OC. The predicted octanol–water partition coefficient (Wildman–Crippen LogP) is 0.891. The largest absolute Gasteiger partial charge is 0.494 e. The number of nitrogens with zero attached hydrogens (tertiary/aromatic N) is 4. The van der Waals surface area contributed by atoms with Gasteiger partial charge in [-0.25, -0.2) is 4.79 Å². The van der Waals surface area contributed by atoms with E-state index >= 15 is 0 Å². The molecule has 17 heteroatoms. The fourth-order valence-electron chi connectivity index (χ4n) is 3.53. The number of methoxy groups -OCH3 is 2. The van der Waals surface area contributed by atoms with Crippen molar-refractivity contribution in [3.05, 3.63) is 35.8 Å². The number of ether oxygens (including phenoxy) is 2. The molecule has 4 rings (SSSR count). The van der Waals surface area contributed by atoms with Crippen molar-refractivity contribution in [3.63, 3.8) is 0 Å². The molecule has 40 heavy (non-hydrogen) atoms. The molecule has 2 aromatic heterocycles. The fourth-order valence-corrected chi connectivity index (χ4v) is 3.53. The molecule has 3 amide bonds. The summed E-state index contributed by atoms with van der Waals surface area (Å²) in [4.78, 5) is 41.0. The third kappa shape index (κ3) is 6.90. The van der Waals surface area contributed by atoms with E-state index in [0.717, 1.165) is 12.8 Å². The van der Waals surface area contributed by atoms with E-state index in [4.69, 9.17) is 32.8 Å². The summed E-state index contributed by atoms with van der Waals surface area (Å²) < 4.78 is 15.6. The molecule has 1 fully saturated rings. The van der Waals surface area contributed by atoms with Gasteiger partial charge >= 0.3 is 6.09 Å². The highest BCUT2D eigenvalue weighted by atomic mass is 16.5. The van der Waals surface area contributed by atoms with Crippen molar-refractivity contribution in [2.45, 2.75) is 31.0 Å². The minimum absolute atomic E-state index is 0.0878. The van der Waals surface area contributed by atoms with Crippen molar-refractivity contribution in [2.24, 2.45) is 5.92 Å². The third-order valence-electron chi connectivity index (χ3n) is 5.61. The van der Waals surface area contributed by atoms with Crippen molar-refractivity contribution in [2.75, 3.05) is 24.9 Å². The molecule has 0 unspecified atom stereocenters. The molecule has 14 nitrogen and oxygen atoms in total. The van der Waals surface area contributed by atoms with Crippen LogP contribution in [-0.2, 0) is 9.53 Å². The minimum Gasteiger partial charge on any atom is -0.494 e. The van der Waals surface area contributed by atoms with Gasteiger partial charge in [0.05, 0.1) is 60.7 Å². The van der Waals surface area contributed by atoms with Gasteiger partial charge in [0.2, 0.25) is 5.91 Å². The van der Waals surface area contributed by atoms with Gasteiger partial charge in [0.15, 0.2) is 23.1 Å². The molecule has 3 aromatic rings. The van der Waals surface area contributed by atoms with Gasteiger partial charge in [0, 0.05) is 12.0 Å². The molecule has 0 bridgehead atoms. The maximum atomic E-state index is 12.8. The monoisotopic (exact) mass is 540 g/mol. The number of benzene rings is 1. The van der Waals surface area contributed by atoms with Crippen LogP contribution in [0.2, 0.25) is 0 Å². The van der Waals surface area contributed by atoms with Gasteiger partial charge in [-0.2, -0.15) is 4.98 Å². The number of alkyl carbamates (subject to hydrolysis) is 1. The lowest BCUT2D eigenvalue weighted by atomic mass is 9.49. The van der Waals surface area contributed by atoms with E-state index in [-0.39, 0.29) is 46.5 Å². The standard InChI is InChI=1S/C23H23B3N8O6/c1-10(27-22(37)39-3)18-30-21(40-34-18)12-5-4-6-13(17(12)38-2)28-14-9-15(29-19(35)11-7-8-11)32-33-16(14)20(36)31-23(24,25)26/h4-6,9-11H,7-8H2,1-3H3,(H,27,37)(H,31,36)(H2,28,29,32,35)/t10-/m1/s1. The molecule has 4 N–H and O–H groups in total. The molecular weight excluding hydrogens is 517 g/mol. The lowest BCUT2D eigenvalue weighted by Gasteiger charge is -2.23. The van der Waals surface area contributed by atoms with Crippen LogP contribution < -0.4 is 26.0 Å². The van der Waals surface area contributed by atoms with Crippen molar-refractivity contribution in [1.82, 2.24) is 31.0 Å². The number of carbonyl (C=O) groups excluding carboxylic acids is 3. The minimum atomic E-state index is -2.03. The van der Waals surface area contributed by atoms with Crippen LogP contribution in [0.4, 0.5) is 22.0 Å². The average molecular weight is 540 g/mol. The topological polar surface area (TPSA) is 182 Å². The zero-order valence-corrected chi connectivity index (χ0v) is 21.8. The first-order valence-corrected chi connectivity index (χ1v) is 12.0. The maximum Gasteiger partial charge on any atom is 0.407 e. The number of nitrogens with one attached hydrogen (secondary N) is 4. The van der Waals surface area contributed by atoms with Crippen molar-refractivity contribution in [3.8, 4) is 17.2 Å². The van der Waals surface area contributed by atoms with E-state index in [1.54, 1.807) is 25.1 Å². The number of para-hydroxylation sites is 1. The molecule has 6 radical (unpaired) electrons. The van der Waals surface area contributed by atoms with Crippen LogP contribution in [0.3, 0.4) is 0 Å². The highest BCUT2D eigenvalue weighted by Crippen LogP contribution is 2.38. The Morgan fingerprint density at radius 1 is 1.12 bits per heavy atom. The van der Waals surface area contributed by atoms with Gasteiger partial charge in [-0.05, 0) is 31.9 Å². The Morgan fingerprint density at radius 3 is 2.52 bits per heavy atom. The van der Waals surface area contributed by atoms with E-state index in [9.17, 15) is 14.4 Å². The van der Waals surface area contributed by atoms with Crippen LogP contribution in [0.15, 0.2) is 28.8 Å². The lowest BCUT2D eigenvalue weighted by Crippen LogP contribution is -2.50. The number of hydrogen-bond acceptors (Lipinski definition) is 11. The smallest absolute Gasteiger partial charge is 0.407 e. The van der Waals surface area contributed by atoms with E-state index in [1.807, 2.05) is 0 Å². The summed E-state index contributed by atoms with van der Waals surface area (Å²) in [5.41, 5.74) is 0.670. The molecule has 200 valence electrons. The zero-order chi connectivity index (χ0) is 29.0. The number of carbonyl (C=O) groups is 3. The number of rotatable bonds is 10. The average Bonchev–Trinajstić information content (AvgIpc) is 3.64. The summed E-state index contributed by atoms with van der Waals surface area (Å²) in [6.45, 7) is 1.65. The zero-order valence-electron chi connectivity index (χ0n) is 21.8. The molecule has 1 aliphatic rings. The molecule has 1 aromatic carbocycles. The Labute approximate surface area is 233 Å². The van der Waals surface area contributed by atoms with Crippen LogP contribution in [0.1, 0.15) is 42.1 Å². The van der Waals surface area contributed by atoms with Gasteiger partial charge in [-0.1, -0.05) is 16.5 Å². The number of anilines is 3. The first-order valence-electron chi connectivity index (χ1n) is 12.0. The van der Waals surface area contributed by atoms with Crippen molar-refractivity contribution in [1.29, 1.82) is 0 Å². The lowest BCUT2D eigenvalue weighted by molar-refractivity contribution is -0.117. The van der Waals surface area contributed by atoms with Crippen LogP contribution >= 0.6 is 0 Å². The second-order valence-electron chi connectivity index (χ2n) is 8.97. The van der Waals surface area contributed by atoms with Crippen molar-refractivity contribution < 1.29 is 28.4 Å². The van der Waals surface area contributed by atoms with Crippen LogP contribution in [-0.4, -0.2) is 81.2 Å². The summed E-state index contributed by atoms with van der Waals surface area (Å²) in [5.74, 6) is -0.450. The van der Waals surface area contributed by atoms with E-state index in [2.05, 4.69) is 46.3 Å². The third-order valence-corrected chi connectivity index (χ3v) is 5.61. The van der Waals surface area contributed by atoms with Crippen LogP contribution in [0, 0.1) is 5.92 Å². The molecule has 0 saturated heterocycles. The predicted molar refractivity (Wildman–Crippen MR) is 144 cm³/mol. The number of aromatic nitrogens is 4. The fraction of sp³-hybridized carbons (Fsp3) is 0.348. The summed E-state index contributed by atoms with van der Waals surface area (Å²) in [6, 6.07) is 5.82. The summed E-state index contributed by atoms with van der Waals surface area (Å²) in [6.07, 6.45) is 0.919. The maximum absolute atomic E-state index is 12.8. The number of amides is 3. The Morgan fingerprint density at radius 2 is 1.88 bits per heavy atom. The van der Waals surface area contributed by atoms with Gasteiger partial charge < -0.3 is 35.3 Å². The van der Waals surface area contributed by atoms with Crippen LogP contribution in [0.25, 0.3) is 11.5 Å². The van der Waals surface area contributed by atoms with E-state index in [1.165, 1.54) is 20.3 Å². The molecule has 1 aliphatic carbocycles. The second-order valence-corrected chi connectivity index (χ2v) is 8.97. The van der Waals surface area contributed by atoms with Crippen LogP contribution in [0.5, 0.6) is 5.75 Å². The first kappa shape index (κ1) is 28.5.